The van der Waals surface area contributed by atoms with Crippen molar-refractivity contribution < 1.29 is 19.2 Å². The first kappa shape index (κ1) is 20.6. The molecule has 5 nitrogen and oxygen atoms in total. The van der Waals surface area contributed by atoms with Crippen LogP contribution in [0.4, 0.5) is 5.00 Å². The van der Waals surface area contributed by atoms with Crippen molar-refractivity contribution in [2.45, 2.75) is 39.7 Å². The lowest BCUT2D eigenvalue weighted by molar-refractivity contribution is -0.885. The number of quaternary nitrogens is 1. The van der Waals surface area contributed by atoms with Crippen molar-refractivity contribution in [2.24, 2.45) is 5.92 Å². The third-order valence-electron chi connectivity index (χ3n) is 5.06. The van der Waals surface area contributed by atoms with Gasteiger partial charge in [0.05, 0.1) is 19.2 Å². The van der Waals surface area contributed by atoms with E-state index in [0.717, 1.165) is 36.3 Å². The van der Waals surface area contributed by atoms with E-state index in [1.807, 2.05) is 25.2 Å². The molecule has 0 bridgehead atoms. The van der Waals surface area contributed by atoms with Crippen LogP contribution in [0.15, 0.2) is 30.3 Å². The maximum atomic E-state index is 12.6. The monoisotopic (exact) mass is 401 g/mol. The Hall–Kier alpha value is -2.18. The predicted molar refractivity (Wildman–Crippen MR) is 112 cm³/mol. The van der Waals surface area contributed by atoms with E-state index in [1.165, 1.54) is 21.8 Å². The lowest BCUT2D eigenvalue weighted by Crippen LogP contribution is -3.08. The Morgan fingerprint density at radius 2 is 2.04 bits per heavy atom. The summed E-state index contributed by atoms with van der Waals surface area (Å²) >= 11 is 1.54. The second kappa shape index (κ2) is 9.34. The molecule has 0 spiro atoms. The van der Waals surface area contributed by atoms with E-state index >= 15 is 0 Å². The number of thiophene rings is 1. The largest absolute Gasteiger partial charge is 0.462 e. The second-order valence-corrected chi connectivity index (χ2v) is 8.73. The molecule has 0 saturated heterocycles. The number of likely N-dealkylation sites (N-methyl/N-ethyl adjacent to an activating group) is 1. The summed E-state index contributed by atoms with van der Waals surface area (Å²) in [6, 6.07) is 10.1. The predicted octanol–water partition coefficient (Wildman–Crippen LogP) is 2.70. The molecule has 150 valence electrons. The summed E-state index contributed by atoms with van der Waals surface area (Å²) in [6.07, 6.45) is 2.89. The molecular formula is C22H29N2O3S+. The number of carbonyl (C=O) groups excluding carboxylic acids is 2. The van der Waals surface area contributed by atoms with Gasteiger partial charge in [-0.25, -0.2) is 4.79 Å². The maximum absolute atomic E-state index is 12.6. The Balaban J connectivity index is 1.71. The van der Waals surface area contributed by atoms with Gasteiger partial charge in [-0.2, -0.15) is 0 Å². The van der Waals surface area contributed by atoms with Crippen LogP contribution < -0.4 is 10.2 Å². The highest BCUT2D eigenvalue weighted by Gasteiger charge is 2.29. The number of carbonyl (C=O) groups is 2. The zero-order valence-electron chi connectivity index (χ0n) is 16.8. The van der Waals surface area contributed by atoms with Gasteiger partial charge < -0.3 is 15.0 Å². The van der Waals surface area contributed by atoms with Crippen molar-refractivity contribution in [2.75, 3.05) is 25.5 Å². The van der Waals surface area contributed by atoms with Crippen molar-refractivity contribution >= 4 is 28.2 Å². The van der Waals surface area contributed by atoms with Crippen LogP contribution in [0.1, 0.15) is 46.6 Å². The van der Waals surface area contributed by atoms with Crippen molar-refractivity contribution in [3.05, 3.63) is 51.9 Å². The van der Waals surface area contributed by atoms with Gasteiger partial charge in [0, 0.05) is 10.4 Å². The molecule has 6 heteroatoms. The van der Waals surface area contributed by atoms with Crippen LogP contribution in [0.3, 0.4) is 0 Å². The third kappa shape index (κ3) is 5.00. The smallest absolute Gasteiger partial charge is 0.341 e. The van der Waals surface area contributed by atoms with Gasteiger partial charge in [-0.3, -0.25) is 4.79 Å². The van der Waals surface area contributed by atoms with Crippen LogP contribution in [0.2, 0.25) is 0 Å². The minimum absolute atomic E-state index is 0.0781. The standard InChI is InChI=1S/C22H28N2O3S/c1-4-27-22(26)20-17-11-10-15(2)12-18(17)28-21(20)23-19(25)14-24(3)13-16-8-6-5-7-9-16/h5-9,15H,4,10-14H2,1-3H3,(H,23,25)/p+1/t15-/m0/s1. The number of hydrogen-bond donors (Lipinski definition) is 2. The fourth-order valence-corrected chi connectivity index (χ4v) is 5.12. The Kier molecular flexibility index (Phi) is 6.86. The molecule has 1 aliphatic rings. The van der Waals surface area contributed by atoms with E-state index in [1.54, 1.807) is 6.92 Å². The van der Waals surface area contributed by atoms with Gasteiger partial charge in [0.15, 0.2) is 6.54 Å². The number of amides is 1. The zero-order chi connectivity index (χ0) is 20.1. The summed E-state index contributed by atoms with van der Waals surface area (Å²) < 4.78 is 5.27. The van der Waals surface area contributed by atoms with E-state index in [-0.39, 0.29) is 11.9 Å². The van der Waals surface area contributed by atoms with Crippen LogP contribution in [-0.4, -0.2) is 32.1 Å². The molecule has 2 aromatic rings. The van der Waals surface area contributed by atoms with E-state index in [9.17, 15) is 9.59 Å². The quantitative estimate of drug-likeness (QED) is 0.702. The van der Waals surface area contributed by atoms with Crippen molar-refractivity contribution in [3.63, 3.8) is 0 Å². The molecule has 0 fully saturated rings. The fraction of sp³-hybridized carbons (Fsp3) is 0.455. The van der Waals surface area contributed by atoms with Gasteiger partial charge in [-0.15, -0.1) is 11.3 Å². The first-order valence-corrected chi connectivity index (χ1v) is 10.8. The lowest BCUT2D eigenvalue weighted by atomic mass is 9.88. The number of fused-ring (bicyclic) bond motifs is 1. The summed E-state index contributed by atoms with van der Waals surface area (Å²) in [5.41, 5.74) is 2.84. The SMILES string of the molecule is CCOC(=O)c1c(NC(=O)C[NH+](C)Cc2ccccc2)sc2c1CC[C@H](C)C2. The number of nitrogens with one attached hydrogen (secondary N) is 2. The number of esters is 1. The number of anilines is 1. The molecule has 1 aliphatic carbocycles. The van der Waals surface area contributed by atoms with Gasteiger partial charge in [0.1, 0.15) is 11.5 Å². The van der Waals surface area contributed by atoms with Crippen molar-refractivity contribution in [1.82, 2.24) is 0 Å². The molecule has 2 N–H and O–H groups in total. The molecule has 1 aromatic heterocycles. The number of ether oxygens (including phenoxy) is 1. The molecule has 1 aromatic carbocycles. The Morgan fingerprint density at radius 1 is 1.29 bits per heavy atom. The molecule has 0 saturated carbocycles. The highest BCUT2D eigenvalue weighted by Crippen LogP contribution is 2.40. The molecule has 0 aliphatic heterocycles. The van der Waals surface area contributed by atoms with Gasteiger partial charge in [-0.1, -0.05) is 37.3 Å². The van der Waals surface area contributed by atoms with Gasteiger partial charge >= 0.3 is 5.97 Å². The number of hydrogen-bond acceptors (Lipinski definition) is 4. The molecule has 3 rings (SSSR count). The molecule has 0 radical (unpaired) electrons. The first-order valence-electron chi connectivity index (χ1n) is 9.94. The number of rotatable bonds is 7. The second-order valence-electron chi connectivity index (χ2n) is 7.62. The fourth-order valence-electron chi connectivity index (χ4n) is 3.71. The van der Waals surface area contributed by atoms with E-state index in [2.05, 4.69) is 24.4 Å². The summed E-state index contributed by atoms with van der Waals surface area (Å²) in [7, 11) is 2.00. The average molecular weight is 402 g/mol. The van der Waals surface area contributed by atoms with Crippen LogP contribution in [-0.2, 0) is 28.9 Å². The van der Waals surface area contributed by atoms with E-state index in [4.69, 9.17) is 4.74 Å². The molecule has 1 amide bonds. The highest BCUT2D eigenvalue weighted by molar-refractivity contribution is 7.17. The minimum Gasteiger partial charge on any atom is -0.462 e. The van der Waals surface area contributed by atoms with Crippen LogP contribution in [0.5, 0.6) is 0 Å². The normalized spacial score (nSPS) is 16.9. The maximum Gasteiger partial charge on any atom is 0.341 e. The van der Waals surface area contributed by atoms with Crippen LogP contribution >= 0.6 is 11.3 Å². The van der Waals surface area contributed by atoms with Crippen molar-refractivity contribution in [1.29, 1.82) is 0 Å². The van der Waals surface area contributed by atoms with Gasteiger partial charge in [-0.05, 0) is 37.7 Å². The van der Waals surface area contributed by atoms with E-state index in [0.29, 0.717) is 29.6 Å². The summed E-state index contributed by atoms with van der Waals surface area (Å²) in [5.74, 6) is 0.201. The average Bonchev–Trinajstić information content (AvgIpc) is 2.99. The molecule has 2 atom stereocenters. The van der Waals surface area contributed by atoms with E-state index < -0.39 is 0 Å². The van der Waals surface area contributed by atoms with Gasteiger partial charge in [0.25, 0.3) is 5.91 Å². The van der Waals surface area contributed by atoms with Crippen LogP contribution in [0.25, 0.3) is 0 Å². The first-order chi connectivity index (χ1) is 13.5. The molecule has 1 heterocycles. The lowest BCUT2D eigenvalue weighted by Gasteiger charge is -2.18. The summed E-state index contributed by atoms with van der Waals surface area (Å²) in [5, 5.41) is 3.64. The minimum atomic E-state index is -0.324. The summed E-state index contributed by atoms with van der Waals surface area (Å²) in [4.78, 5) is 27.5. The van der Waals surface area contributed by atoms with Crippen molar-refractivity contribution in [3.8, 4) is 0 Å². The molecular weight excluding hydrogens is 372 g/mol. The topological polar surface area (TPSA) is 59.8 Å². The number of benzene rings is 1. The zero-order valence-corrected chi connectivity index (χ0v) is 17.7. The Bertz CT molecular complexity index is 832. The Morgan fingerprint density at radius 3 is 2.75 bits per heavy atom. The van der Waals surface area contributed by atoms with Gasteiger partial charge in [0.2, 0.25) is 0 Å². The third-order valence-corrected chi connectivity index (χ3v) is 6.23. The molecule has 28 heavy (non-hydrogen) atoms. The van der Waals surface area contributed by atoms with Crippen LogP contribution in [0, 0.1) is 5.92 Å². The molecule has 1 unspecified atom stereocenters. The Labute approximate surface area is 170 Å². The highest BCUT2D eigenvalue weighted by atomic mass is 32.1. The summed E-state index contributed by atoms with van der Waals surface area (Å²) in [6.45, 7) is 5.48.